The van der Waals surface area contributed by atoms with Crippen molar-refractivity contribution in [3.05, 3.63) is 63.7 Å². The second kappa shape index (κ2) is 11.0. The Kier molecular flexibility index (Phi) is 8.10. The van der Waals surface area contributed by atoms with Gasteiger partial charge in [-0.1, -0.05) is 18.2 Å². The summed E-state index contributed by atoms with van der Waals surface area (Å²) >= 11 is 0. The summed E-state index contributed by atoms with van der Waals surface area (Å²) in [6.45, 7) is 1.18. The molecule has 0 aliphatic rings. The van der Waals surface area contributed by atoms with Gasteiger partial charge in [0, 0.05) is 6.07 Å². The third-order valence-electron chi connectivity index (χ3n) is 3.75. The predicted octanol–water partition coefficient (Wildman–Crippen LogP) is 3.06. The van der Waals surface area contributed by atoms with Gasteiger partial charge in [-0.25, -0.2) is 9.59 Å². The van der Waals surface area contributed by atoms with Gasteiger partial charge in [-0.05, 0) is 36.8 Å². The molecular weight excluding hydrogens is 408 g/mol. The highest BCUT2D eigenvalue weighted by Gasteiger charge is 2.17. The lowest BCUT2D eigenvalue weighted by Crippen LogP contribution is -2.18. The molecule has 0 saturated carbocycles. The summed E-state index contributed by atoms with van der Waals surface area (Å²) in [5.74, 6) is -1.42. The third-order valence-corrected chi connectivity index (χ3v) is 3.75. The molecule has 0 aromatic heterocycles. The minimum absolute atomic E-state index is 0.0606. The Hall–Kier alpha value is -4.39. The topological polar surface area (TPSA) is 138 Å². The third kappa shape index (κ3) is 6.30. The van der Waals surface area contributed by atoms with E-state index in [2.05, 4.69) is 0 Å². The van der Waals surface area contributed by atoms with E-state index in [-0.39, 0.29) is 35.1 Å². The number of nitro groups is 1. The molecule has 0 heterocycles. The smallest absolute Gasteiger partial charge is 0.349 e. The van der Waals surface area contributed by atoms with Crippen LogP contribution < -0.4 is 14.2 Å². The van der Waals surface area contributed by atoms with Crippen LogP contribution in [0.5, 0.6) is 17.2 Å². The summed E-state index contributed by atoms with van der Waals surface area (Å²) in [6.07, 6.45) is 1.31. The number of carbonyl (C=O) groups is 2. The fraction of sp³-hybridized carbons (Fsp3) is 0.190. The molecule has 0 unspecified atom stereocenters. The molecule has 10 heteroatoms. The molecule has 160 valence electrons. The summed E-state index contributed by atoms with van der Waals surface area (Å²) in [4.78, 5) is 34.2. The predicted molar refractivity (Wildman–Crippen MR) is 107 cm³/mol. The molecule has 31 heavy (non-hydrogen) atoms. The van der Waals surface area contributed by atoms with Gasteiger partial charge in [-0.3, -0.25) is 10.1 Å². The molecule has 0 amide bonds. The van der Waals surface area contributed by atoms with E-state index in [9.17, 15) is 19.7 Å². The number of hydrogen-bond donors (Lipinski definition) is 0. The maximum atomic E-state index is 12.1. The molecule has 0 fully saturated rings. The number of rotatable bonds is 9. The highest BCUT2D eigenvalue weighted by Crippen LogP contribution is 2.30. The van der Waals surface area contributed by atoms with Crippen LogP contribution in [-0.2, 0) is 14.3 Å². The van der Waals surface area contributed by atoms with Crippen molar-refractivity contribution in [1.82, 2.24) is 0 Å². The Morgan fingerprint density at radius 3 is 2.55 bits per heavy atom. The van der Waals surface area contributed by atoms with Crippen LogP contribution in [0.25, 0.3) is 6.08 Å². The number of para-hydroxylation sites is 2. The van der Waals surface area contributed by atoms with Crippen molar-refractivity contribution < 1.29 is 33.5 Å². The number of hydrogen-bond acceptors (Lipinski definition) is 9. The Morgan fingerprint density at radius 1 is 1.16 bits per heavy atom. The molecule has 2 aromatic carbocycles. The minimum Gasteiger partial charge on any atom is -0.493 e. The molecule has 2 rings (SSSR count). The molecule has 2 aromatic rings. The summed E-state index contributed by atoms with van der Waals surface area (Å²) in [7, 11) is 1.35. The molecule has 0 spiro atoms. The first-order chi connectivity index (χ1) is 14.9. The van der Waals surface area contributed by atoms with Crippen molar-refractivity contribution in [3.63, 3.8) is 0 Å². The Morgan fingerprint density at radius 2 is 1.90 bits per heavy atom. The maximum absolute atomic E-state index is 12.1. The van der Waals surface area contributed by atoms with Crippen LogP contribution in [0.15, 0.2) is 48.0 Å². The first-order valence-electron chi connectivity index (χ1n) is 8.93. The van der Waals surface area contributed by atoms with Gasteiger partial charge < -0.3 is 18.9 Å². The fourth-order valence-electron chi connectivity index (χ4n) is 2.39. The number of carbonyl (C=O) groups excluding carboxylic acids is 2. The second-order valence-electron chi connectivity index (χ2n) is 5.79. The van der Waals surface area contributed by atoms with Crippen molar-refractivity contribution in [1.29, 1.82) is 5.26 Å². The van der Waals surface area contributed by atoms with Gasteiger partial charge in [0.05, 0.1) is 18.6 Å². The van der Waals surface area contributed by atoms with Crippen LogP contribution in [0.2, 0.25) is 0 Å². The van der Waals surface area contributed by atoms with Gasteiger partial charge in [0.25, 0.3) is 0 Å². The van der Waals surface area contributed by atoms with Crippen molar-refractivity contribution in [3.8, 4) is 23.3 Å². The van der Waals surface area contributed by atoms with E-state index in [1.165, 1.54) is 55.7 Å². The molecule has 0 aliphatic carbocycles. The summed E-state index contributed by atoms with van der Waals surface area (Å²) in [5.41, 5.74) is -0.0390. The summed E-state index contributed by atoms with van der Waals surface area (Å²) in [5, 5.41) is 20.1. The average molecular weight is 426 g/mol. The van der Waals surface area contributed by atoms with E-state index < -0.39 is 23.5 Å². The lowest BCUT2D eigenvalue weighted by atomic mass is 10.1. The molecule has 10 nitrogen and oxygen atoms in total. The van der Waals surface area contributed by atoms with Crippen molar-refractivity contribution in [2.75, 3.05) is 20.3 Å². The number of benzene rings is 2. The highest BCUT2D eigenvalue weighted by atomic mass is 16.6. The van der Waals surface area contributed by atoms with Crippen LogP contribution in [0.3, 0.4) is 0 Å². The van der Waals surface area contributed by atoms with E-state index in [0.29, 0.717) is 5.56 Å². The van der Waals surface area contributed by atoms with Crippen LogP contribution in [0.4, 0.5) is 5.69 Å². The summed E-state index contributed by atoms with van der Waals surface area (Å²) in [6, 6.07) is 11.8. The van der Waals surface area contributed by atoms with E-state index >= 15 is 0 Å². The minimum atomic E-state index is -0.816. The SMILES string of the molecule is CCOC(=O)/C(C#N)=C/c1ccc(OC(=O)COc2ccccc2[N+](=O)[O-])c(OC)c1. The van der Waals surface area contributed by atoms with Crippen LogP contribution in [0.1, 0.15) is 12.5 Å². The number of esters is 2. The zero-order chi connectivity index (χ0) is 22.8. The lowest BCUT2D eigenvalue weighted by Gasteiger charge is -2.11. The molecule has 0 aliphatic heterocycles. The van der Waals surface area contributed by atoms with E-state index in [4.69, 9.17) is 24.2 Å². The number of nitriles is 1. The first kappa shape index (κ1) is 22.9. The van der Waals surface area contributed by atoms with E-state index in [1.807, 2.05) is 0 Å². The fourth-order valence-corrected chi connectivity index (χ4v) is 2.39. The highest BCUT2D eigenvalue weighted by molar-refractivity contribution is 5.98. The standard InChI is InChI=1S/C21H18N2O8/c1-3-29-21(25)15(12-22)10-14-8-9-18(19(11-14)28-2)31-20(24)13-30-17-7-5-4-6-16(17)23(26)27/h4-11H,3,13H2,1-2H3/b15-10+. The zero-order valence-corrected chi connectivity index (χ0v) is 16.7. The Bertz CT molecular complexity index is 1060. The quantitative estimate of drug-likeness (QED) is 0.148. The number of ether oxygens (including phenoxy) is 4. The normalized spacial score (nSPS) is 10.5. The largest absolute Gasteiger partial charge is 0.493 e. The Balaban J connectivity index is 2.12. The van der Waals surface area contributed by atoms with Gasteiger partial charge >= 0.3 is 17.6 Å². The number of nitrogens with zero attached hydrogens (tertiary/aromatic N) is 2. The Labute approximate surface area is 177 Å². The van der Waals surface area contributed by atoms with Crippen LogP contribution >= 0.6 is 0 Å². The first-order valence-corrected chi connectivity index (χ1v) is 8.93. The van der Waals surface area contributed by atoms with Crippen molar-refractivity contribution in [2.45, 2.75) is 6.92 Å². The monoisotopic (exact) mass is 426 g/mol. The van der Waals surface area contributed by atoms with Crippen LogP contribution in [0, 0.1) is 21.4 Å². The molecule has 0 saturated heterocycles. The van der Waals surface area contributed by atoms with Crippen molar-refractivity contribution in [2.24, 2.45) is 0 Å². The summed E-state index contributed by atoms with van der Waals surface area (Å²) < 4.78 is 20.4. The van der Waals surface area contributed by atoms with E-state index in [1.54, 1.807) is 13.0 Å². The van der Waals surface area contributed by atoms with E-state index in [0.717, 1.165) is 0 Å². The number of methoxy groups -OCH3 is 1. The molecule has 0 N–H and O–H groups in total. The van der Waals surface area contributed by atoms with Gasteiger partial charge in [-0.15, -0.1) is 0 Å². The van der Waals surface area contributed by atoms with Gasteiger partial charge in [0.1, 0.15) is 11.6 Å². The van der Waals surface area contributed by atoms with Crippen molar-refractivity contribution >= 4 is 23.7 Å². The van der Waals surface area contributed by atoms with Gasteiger partial charge in [0.15, 0.2) is 23.9 Å². The molecule has 0 atom stereocenters. The maximum Gasteiger partial charge on any atom is 0.349 e. The second-order valence-corrected chi connectivity index (χ2v) is 5.79. The van der Waals surface area contributed by atoms with Gasteiger partial charge in [-0.2, -0.15) is 5.26 Å². The zero-order valence-electron chi connectivity index (χ0n) is 16.7. The molecule has 0 bridgehead atoms. The lowest BCUT2D eigenvalue weighted by molar-refractivity contribution is -0.385. The van der Waals surface area contributed by atoms with Gasteiger partial charge in [0.2, 0.25) is 0 Å². The van der Waals surface area contributed by atoms with Crippen LogP contribution in [-0.4, -0.2) is 37.2 Å². The average Bonchev–Trinajstić information content (AvgIpc) is 2.77. The molecular formula is C21H18N2O8. The molecule has 0 radical (unpaired) electrons. The number of nitro benzene ring substituents is 1.